The lowest BCUT2D eigenvalue weighted by Crippen LogP contribution is -2.19. The Bertz CT molecular complexity index is 611. The zero-order valence-electron chi connectivity index (χ0n) is 12.4. The van der Waals surface area contributed by atoms with E-state index >= 15 is 0 Å². The molecule has 2 aromatic rings. The molecule has 2 aromatic carbocycles. The van der Waals surface area contributed by atoms with E-state index in [9.17, 15) is 8.78 Å². The molecule has 0 fully saturated rings. The molecule has 0 aliphatic carbocycles. The van der Waals surface area contributed by atoms with Crippen LogP contribution in [0.15, 0.2) is 36.4 Å². The van der Waals surface area contributed by atoms with Crippen molar-refractivity contribution >= 4 is 0 Å². The van der Waals surface area contributed by atoms with Crippen molar-refractivity contribution in [2.45, 2.75) is 26.4 Å². The lowest BCUT2D eigenvalue weighted by atomic mass is 10.0. The molecule has 1 atom stereocenters. The van der Waals surface area contributed by atoms with Crippen LogP contribution in [0.5, 0.6) is 5.75 Å². The Hall–Kier alpha value is -1.94. The highest BCUT2D eigenvalue weighted by Crippen LogP contribution is 2.21. The van der Waals surface area contributed by atoms with E-state index in [2.05, 4.69) is 5.32 Å². The summed E-state index contributed by atoms with van der Waals surface area (Å²) in [5, 5.41) is 3.19. The zero-order chi connectivity index (χ0) is 15.4. The molecule has 0 saturated carbocycles. The molecule has 2 nitrogen and oxygen atoms in total. The first-order valence-electron chi connectivity index (χ1n) is 6.83. The van der Waals surface area contributed by atoms with E-state index < -0.39 is 0 Å². The van der Waals surface area contributed by atoms with Gasteiger partial charge in [-0.1, -0.05) is 12.1 Å². The first-order valence-corrected chi connectivity index (χ1v) is 6.83. The van der Waals surface area contributed by atoms with Crippen molar-refractivity contribution in [3.63, 3.8) is 0 Å². The predicted molar refractivity (Wildman–Crippen MR) is 79.3 cm³/mol. The summed E-state index contributed by atoms with van der Waals surface area (Å²) >= 11 is 0. The molecule has 0 amide bonds. The molecule has 0 radical (unpaired) electrons. The van der Waals surface area contributed by atoms with Crippen molar-refractivity contribution < 1.29 is 13.5 Å². The number of aryl methyl sites for hydroxylation is 1. The van der Waals surface area contributed by atoms with Gasteiger partial charge in [0.2, 0.25) is 0 Å². The summed E-state index contributed by atoms with van der Waals surface area (Å²) in [4.78, 5) is 0. The lowest BCUT2D eigenvalue weighted by molar-refractivity contribution is 0.414. The number of benzene rings is 2. The number of ether oxygens (including phenoxy) is 1. The summed E-state index contributed by atoms with van der Waals surface area (Å²) in [7, 11) is 1.62. The van der Waals surface area contributed by atoms with Gasteiger partial charge in [-0.25, -0.2) is 8.78 Å². The number of nitrogens with one attached hydrogen (secondary N) is 1. The summed E-state index contributed by atoms with van der Waals surface area (Å²) in [5.41, 5.74) is 1.71. The standard InChI is InChI=1S/C17H19F2NO/c1-11-8-17(19)15(9-16(11)18)12(2)20-10-13-4-6-14(21-3)7-5-13/h4-9,12,20H,10H2,1-3H3. The molecular weight excluding hydrogens is 272 g/mol. The van der Waals surface area contributed by atoms with Crippen LogP contribution in [-0.2, 0) is 6.54 Å². The van der Waals surface area contributed by atoms with Gasteiger partial charge >= 0.3 is 0 Å². The van der Waals surface area contributed by atoms with Crippen LogP contribution >= 0.6 is 0 Å². The van der Waals surface area contributed by atoms with Crippen molar-refractivity contribution in [1.82, 2.24) is 5.32 Å². The van der Waals surface area contributed by atoms with Gasteiger partial charge in [0, 0.05) is 18.2 Å². The fraction of sp³-hybridized carbons (Fsp3) is 0.294. The van der Waals surface area contributed by atoms with Crippen LogP contribution in [-0.4, -0.2) is 7.11 Å². The largest absolute Gasteiger partial charge is 0.497 e. The highest BCUT2D eigenvalue weighted by atomic mass is 19.1. The minimum atomic E-state index is -0.386. The van der Waals surface area contributed by atoms with E-state index in [-0.39, 0.29) is 17.7 Å². The van der Waals surface area contributed by atoms with Gasteiger partial charge in [-0.05, 0) is 49.2 Å². The summed E-state index contributed by atoms with van der Waals surface area (Å²) in [6, 6.07) is 9.82. The first-order chi connectivity index (χ1) is 10.0. The number of methoxy groups -OCH3 is 1. The number of hydrogen-bond acceptors (Lipinski definition) is 2. The average molecular weight is 291 g/mol. The molecular formula is C17H19F2NO. The molecule has 0 heterocycles. The molecule has 0 spiro atoms. The Kier molecular flexibility index (Phi) is 4.91. The molecule has 21 heavy (non-hydrogen) atoms. The van der Waals surface area contributed by atoms with Crippen molar-refractivity contribution in [1.29, 1.82) is 0 Å². The smallest absolute Gasteiger partial charge is 0.128 e. The Labute approximate surface area is 123 Å². The minimum absolute atomic E-state index is 0.276. The van der Waals surface area contributed by atoms with E-state index in [0.717, 1.165) is 11.3 Å². The van der Waals surface area contributed by atoms with Crippen LogP contribution in [0.2, 0.25) is 0 Å². The Morgan fingerprint density at radius 2 is 1.76 bits per heavy atom. The SMILES string of the molecule is COc1ccc(CNC(C)c2cc(F)c(C)cc2F)cc1. The Morgan fingerprint density at radius 3 is 2.38 bits per heavy atom. The van der Waals surface area contributed by atoms with E-state index in [4.69, 9.17) is 4.74 Å². The van der Waals surface area contributed by atoms with Crippen LogP contribution in [0, 0.1) is 18.6 Å². The molecule has 0 aliphatic rings. The third-order valence-electron chi connectivity index (χ3n) is 3.52. The molecule has 1 N–H and O–H groups in total. The molecule has 112 valence electrons. The lowest BCUT2D eigenvalue weighted by Gasteiger charge is -2.16. The van der Waals surface area contributed by atoms with Crippen LogP contribution in [0.4, 0.5) is 8.78 Å². The Balaban J connectivity index is 2.04. The monoisotopic (exact) mass is 291 g/mol. The molecule has 0 bridgehead atoms. The maximum atomic E-state index is 13.9. The van der Waals surface area contributed by atoms with Crippen LogP contribution in [0.25, 0.3) is 0 Å². The van der Waals surface area contributed by atoms with Gasteiger partial charge in [0.05, 0.1) is 7.11 Å². The van der Waals surface area contributed by atoms with E-state index in [1.165, 1.54) is 12.1 Å². The van der Waals surface area contributed by atoms with Gasteiger partial charge in [0.15, 0.2) is 0 Å². The number of hydrogen-bond donors (Lipinski definition) is 1. The topological polar surface area (TPSA) is 21.3 Å². The maximum absolute atomic E-state index is 13.9. The summed E-state index contributed by atoms with van der Waals surface area (Å²) < 4.78 is 32.5. The number of rotatable bonds is 5. The van der Waals surface area contributed by atoms with Crippen molar-refractivity contribution in [3.05, 3.63) is 64.7 Å². The van der Waals surface area contributed by atoms with Gasteiger partial charge in [0.1, 0.15) is 17.4 Å². The summed E-state index contributed by atoms with van der Waals surface area (Å²) in [5.74, 6) is 0.0200. The first kappa shape index (κ1) is 15.4. The van der Waals surface area contributed by atoms with Gasteiger partial charge in [-0.2, -0.15) is 0 Å². The second-order valence-corrected chi connectivity index (χ2v) is 5.07. The molecule has 4 heteroatoms. The number of halogens is 2. The van der Waals surface area contributed by atoms with Gasteiger partial charge in [-0.3, -0.25) is 0 Å². The van der Waals surface area contributed by atoms with Crippen molar-refractivity contribution in [2.24, 2.45) is 0 Å². The van der Waals surface area contributed by atoms with E-state index in [1.54, 1.807) is 14.0 Å². The zero-order valence-corrected chi connectivity index (χ0v) is 12.4. The average Bonchev–Trinajstić information content (AvgIpc) is 2.49. The fourth-order valence-corrected chi connectivity index (χ4v) is 2.12. The fourth-order valence-electron chi connectivity index (χ4n) is 2.12. The second kappa shape index (κ2) is 6.68. The third kappa shape index (κ3) is 3.79. The minimum Gasteiger partial charge on any atom is -0.497 e. The summed E-state index contributed by atoms with van der Waals surface area (Å²) in [6.45, 7) is 3.94. The van der Waals surface area contributed by atoms with E-state index in [0.29, 0.717) is 17.7 Å². The second-order valence-electron chi connectivity index (χ2n) is 5.07. The van der Waals surface area contributed by atoms with Crippen LogP contribution in [0.1, 0.15) is 29.7 Å². The van der Waals surface area contributed by atoms with E-state index in [1.807, 2.05) is 31.2 Å². The normalized spacial score (nSPS) is 12.2. The molecule has 0 aromatic heterocycles. The molecule has 2 rings (SSSR count). The molecule has 0 saturated heterocycles. The molecule has 0 aliphatic heterocycles. The highest BCUT2D eigenvalue weighted by Gasteiger charge is 2.13. The maximum Gasteiger partial charge on any atom is 0.128 e. The Morgan fingerprint density at radius 1 is 1.10 bits per heavy atom. The van der Waals surface area contributed by atoms with Crippen molar-refractivity contribution in [3.8, 4) is 5.75 Å². The summed E-state index contributed by atoms with van der Waals surface area (Å²) in [6.07, 6.45) is 0. The van der Waals surface area contributed by atoms with Crippen LogP contribution in [0.3, 0.4) is 0 Å². The van der Waals surface area contributed by atoms with Gasteiger partial charge in [-0.15, -0.1) is 0 Å². The predicted octanol–water partition coefficient (Wildman–Crippen LogP) is 4.13. The van der Waals surface area contributed by atoms with Crippen LogP contribution < -0.4 is 10.1 Å². The van der Waals surface area contributed by atoms with Gasteiger partial charge in [0.25, 0.3) is 0 Å². The highest BCUT2D eigenvalue weighted by molar-refractivity contribution is 5.29. The quantitative estimate of drug-likeness (QED) is 0.894. The molecule has 1 unspecified atom stereocenters. The van der Waals surface area contributed by atoms with Crippen molar-refractivity contribution in [2.75, 3.05) is 7.11 Å². The van der Waals surface area contributed by atoms with Gasteiger partial charge < -0.3 is 10.1 Å². The third-order valence-corrected chi connectivity index (χ3v) is 3.52.